The van der Waals surface area contributed by atoms with Crippen molar-refractivity contribution in [1.29, 1.82) is 0 Å². The fraction of sp³-hybridized carbons (Fsp3) is 0.172. The van der Waals surface area contributed by atoms with Gasteiger partial charge in [0.15, 0.2) is 0 Å². The summed E-state index contributed by atoms with van der Waals surface area (Å²) in [6.45, 7) is 15.9. The zero-order valence-corrected chi connectivity index (χ0v) is 35.8. The Kier molecular flexibility index (Phi) is 9.33. The van der Waals surface area contributed by atoms with Crippen LogP contribution in [0.25, 0.3) is 49.7 Å². The van der Waals surface area contributed by atoms with Crippen molar-refractivity contribution in [3.05, 3.63) is 214 Å². The molecule has 10 rings (SSSR count). The summed E-state index contributed by atoms with van der Waals surface area (Å²) in [4.78, 5) is 2.37. The van der Waals surface area contributed by atoms with Crippen molar-refractivity contribution >= 4 is 38.9 Å². The molecule has 8 aromatic carbocycles. The molecule has 0 spiro atoms. The van der Waals surface area contributed by atoms with Crippen molar-refractivity contribution in [2.45, 2.75) is 66.7 Å². The summed E-state index contributed by atoms with van der Waals surface area (Å²) in [5, 5.41) is 2.62. The molecule has 2 atom stereocenters. The summed E-state index contributed by atoms with van der Waals surface area (Å²) in [7, 11) is 0. The van der Waals surface area contributed by atoms with Gasteiger partial charge in [0.1, 0.15) is 0 Å². The molecule has 0 bridgehead atoms. The highest BCUT2D eigenvalue weighted by Crippen LogP contribution is 2.54. The van der Waals surface area contributed by atoms with E-state index >= 15 is 0 Å². The van der Waals surface area contributed by atoms with Gasteiger partial charge in [0.05, 0.1) is 11.0 Å². The monoisotopic (exact) mass is 776 g/mol. The lowest BCUT2D eigenvalue weighted by Gasteiger charge is -2.27. The van der Waals surface area contributed by atoms with Crippen molar-refractivity contribution in [2.75, 3.05) is 4.90 Å². The largest absolute Gasteiger partial charge is 0.311 e. The van der Waals surface area contributed by atoms with E-state index in [1.54, 1.807) is 0 Å². The Labute approximate surface area is 355 Å². The van der Waals surface area contributed by atoms with Gasteiger partial charge < -0.3 is 9.47 Å². The molecule has 1 aliphatic carbocycles. The van der Waals surface area contributed by atoms with Gasteiger partial charge >= 0.3 is 0 Å². The zero-order valence-electron chi connectivity index (χ0n) is 35.8. The summed E-state index contributed by atoms with van der Waals surface area (Å²) in [6, 6.07) is 61.6. The number of rotatable bonds is 6. The summed E-state index contributed by atoms with van der Waals surface area (Å²) >= 11 is 0. The third-order valence-corrected chi connectivity index (χ3v) is 13.2. The number of hydrogen-bond donors (Lipinski definition) is 0. The minimum atomic E-state index is 0.211. The van der Waals surface area contributed by atoms with Gasteiger partial charge in [-0.25, -0.2) is 0 Å². The lowest BCUT2D eigenvalue weighted by molar-refractivity contribution is 0.580. The van der Waals surface area contributed by atoms with Gasteiger partial charge in [0.2, 0.25) is 0 Å². The molecule has 0 aliphatic heterocycles. The molecule has 0 saturated heterocycles. The number of aryl methyl sites for hydroxylation is 6. The highest BCUT2D eigenvalue weighted by atomic mass is 15.1. The van der Waals surface area contributed by atoms with Gasteiger partial charge in [-0.2, -0.15) is 0 Å². The van der Waals surface area contributed by atoms with E-state index < -0.39 is 0 Å². The molecule has 0 radical (unpaired) electrons. The van der Waals surface area contributed by atoms with E-state index in [1.165, 1.54) is 99.8 Å². The Balaban J connectivity index is 1.31. The van der Waals surface area contributed by atoms with Crippen LogP contribution in [0.4, 0.5) is 17.1 Å². The molecule has 9 aromatic rings. The van der Waals surface area contributed by atoms with E-state index in [1.807, 2.05) is 0 Å². The fourth-order valence-electron chi connectivity index (χ4n) is 10.3. The van der Waals surface area contributed by atoms with Crippen LogP contribution in [0, 0.1) is 41.5 Å². The molecule has 0 N–H and O–H groups in total. The van der Waals surface area contributed by atoms with Gasteiger partial charge in [-0.15, -0.1) is 0 Å². The lowest BCUT2D eigenvalue weighted by Crippen LogP contribution is -2.12. The molecule has 0 fully saturated rings. The highest BCUT2D eigenvalue weighted by molar-refractivity contribution is 6.15. The van der Waals surface area contributed by atoms with Crippen molar-refractivity contribution < 1.29 is 0 Å². The van der Waals surface area contributed by atoms with Crippen LogP contribution in [0.5, 0.6) is 0 Å². The van der Waals surface area contributed by atoms with Crippen LogP contribution >= 0.6 is 0 Å². The second-order valence-electron chi connectivity index (χ2n) is 17.4. The predicted molar refractivity (Wildman–Crippen MR) is 256 cm³/mol. The van der Waals surface area contributed by atoms with E-state index in [0.29, 0.717) is 0 Å². The smallest absolute Gasteiger partial charge is 0.0582 e. The maximum atomic E-state index is 2.60. The second-order valence-corrected chi connectivity index (χ2v) is 17.4. The van der Waals surface area contributed by atoms with Gasteiger partial charge in [-0.3, -0.25) is 0 Å². The second kappa shape index (κ2) is 14.9. The zero-order chi connectivity index (χ0) is 41.2. The van der Waals surface area contributed by atoms with E-state index in [4.69, 9.17) is 0 Å². The molecule has 1 aliphatic rings. The van der Waals surface area contributed by atoms with Crippen molar-refractivity contribution in [2.24, 2.45) is 0 Å². The first-order valence-corrected chi connectivity index (χ1v) is 21.5. The number of hydrogen-bond acceptors (Lipinski definition) is 1. The maximum Gasteiger partial charge on any atom is 0.0582 e. The molecule has 1 aromatic heterocycles. The van der Waals surface area contributed by atoms with Gasteiger partial charge in [0, 0.05) is 33.5 Å². The minimum Gasteiger partial charge on any atom is -0.311 e. The SMILES string of the molecule is Cc1ccc(N(c2ccc(C)cc2)c2ccc(-c3cc4c5cc(C)cc(C)c5n(-c5ccccc5)c4c4c3-c3cc(C)cc(C)c3CC(c3ccccc3)[C@@H]4C)cc2)cc1. The third-order valence-electron chi connectivity index (χ3n) is 13.2. The van der Waals surface area contributed by atoms with Gasteiger partial charge in [0.25, 0.3) is 0 Å². The Morgan fingerprint density at radius 2 is 1.02 bits per heavy atom. The van der Waals surface area contributed by atoms with Crippen LogP contribution in [-0.4, -0.2) is 4.57 Å². The summed E-state index contributed by atoms with van der Waals surface area (Å²) in [5.41, 5.74) is 24.5. The highest BCUT2D eigenvalue weighted by Gasteiger charge is 2.35. The quantitative estimate of drug-likeness (QED) is 0.163. The topological polar surface area (TPSA) is 8.17 Å². The maximum absolute atomic E-state index is 2.60. The molecule has 0 amide bonds. The van der Waals surface area contributed by atoms with E-state index in [9.17, 15) is 0 Å². The van der Waals surface area contributed by atoms with Crippen LogP contribution in [0.2, 0.25) is 0 Å². The van der Waals surface area contributed by atoms with Crippen LogP contribution < -0.4 is 4.90 Å². The summed E-state index contributed by atoms with van der Waals surface area (Å²) in [6.07, 6.45) is 0.979. The van der Waals surface area contributed by atoms with Crippen LogP contribution in [-0.2, 0) is 6.42 Å². The number of para-hydroxylation sites is 1. The first kappa shape index (κ1) is 37.6. The Hall–Kier alpha value is -6.64. The number of fused-ring (bicyclic) bond motifs is 7. The van der Waals surface area contributed by atoms with Crippen LogP contribution in [0.15, 0.2) is 164 Å². The molecule has 2 nitrogen and oxygen atoms in total. The molecule has 294 valence electrons. The van der Waals surface area contributed by atoms with Gasteiger partial charge in [-0.05, 0) is 171 Å². The number of nitrogens with zero attached hydrogens (tertiary/aromatic N) is 2. The van der Waals surface area contributed by atoms with Crippen LogP contribution in [0.1, 0.15) is 68.8 Å². The Morgan fingerprint density at radius 3 is 1.63 bits per heavy atom. The minimum absolute atomic E-state index is 0.211. The third kappa shape index (κ3) is 6.34. The first-order valence-electron chi connectivity index (χ1n) is 21.5. The molecule has 1 unspecified atom stereocenters. The van der Waals surface area contributed by atoms with Crippen molar-refractivity contribution in [3.63, 3.8) is 0 Å². The lowest BCUT2D eigenvalue weighted by atomic mass is 9.78. The van der Waals surface area contributed by atoms with E-state index in [-0.39, 0.29) is 11.8 Å². The summed E-state index contributed by atoms with van der Waals surface area (Å²) < 4.78 is 2.60. The Bertz CT molecular complexity index is 3000. The fourth-order valence-corrected chi connectivity index (χ4v) is 10.3. The molecule has 60 heavy (non-hydrogen) atoms. The van der Waals surface area contributed by atoms with Crippen LogP contribution in [0.3, 0.4) is 0 Å². The normalized spacial score (nSPS) is 14.8. The predicted octanol–water partition coefficient (Wildman–Crippen LogP) is 15.9. The van der Waals surface area contributed by atoms with Crippen molar-refractivity contribution in [1.82, 2.24) is 4.57 Å². The number of aromatic nitrogens is 1. The standard InChI is InChI=1S/C58H52N2/c1-36-18-24-46(25-19-36)59(47-26-20-37(2)21-27-47)48-28-22-44(23-29-48)51-35-54-53-33-39(4)31-41(6)57(53)60(45-16-12-9-13-17-45)58(54)55-42(7)50(43-14-10-8-11-15-43)34-49-40(5)30-38(3)32-52(49)56(51)55/h8-33,35,42,50H,34H2,1-7H3/t42-,50?/m0/s1. The average Bonchev–Trinajstić information content (AvgIpc) is 3.52. The summed E-state index contributed by atoms with van der Waals surface area (Å²) in [5.74, 6) is 0.499. The molecule has 1 heterocycles. The number of benzene rings is 8. The molecule has 2 heteroatoms. The Morgan fingerprint density at radius 1 is 0.483 bits per heavy atom. The molecular weight excluding hydrogens is 725 g/mol. The van der Waals surface area contributed by atoms with E-state index in [0.717, 1.165) is 23.5 Å². The number of anilines is 3. The van der Waals surface area contributed by atoms with E-state index in [2.05, 4.69) is 222 Å². The average molecular weight is 777 g/mol. The van der Waals surface area contributed by atoms with Crippen molar-refractivity contribution in [3.8, 4) is 27.9 Å². The van der Waals surface area contributed by atoms with Gasteiger partial charge in [-0.1, -0.05) is 132 Å². The molecule has 0 saturated carbocycles. The first-order chi connectivity index (χ1) is 29.1. The molecular formula is C58H52N2.